The van der Waals surface area contributed by atoms with Gasteiger partial charge >= 0.3 is 0 Å². The quantitative estimate of drug-likeness (QED) is 0.763. The van der Waals surface area contributed by atoms with Crippen molar-refractivity contribution in [1.29, 1.82) is 0 Å². The average molecular weight is 440 g/mol. The summed E-state index contributed by atoms with van der Waals surface area (Å²) in [6.07, 6.45) is 0.863. The van der Waals surface area contributed by atoms with Gasteiger partial charge in [-0.1, -0.05) is 23.2 Å². The van der Waals surface area contributed by atoms with Crippen LogP contribution in [0.1, 0.15) is 13.8 Å². The fourth-order valence-corrected chi connectivity index (χ4v) is 4.45. The third kappa shape index (κ3) is 4.20. The number of nitrogens with zero attached hydrogens (tertiary/aromatic N) is 2. The highest BCUT2D eigenvalue weighted by Crippen LogP contribution is 2.30. The summed E-state index contributed by atoms with van der Waals surface area (Å²) in [6, 6.07) is 4.76. The van der Waals surface area contributed by atoms with E-state index in [2.05, 4.69) is 10.2 Å². The second-order valence-electron chi connectivity index (χ2n) is 5.67. The maximum absolute atomic E-state index is 12.4. The van der Waals surface area contributed by atoms with Gasteiger partial charge in [-0.2, -0.15) is 5.10 Å². The van der Waals surface area contributed by atoms with Gasteiger partial charge in [0.1, 0.15) is 0 Å². The lowest BCUT2D eigenvalue weighted by Gasteiger charge is -2.21. The van der Waals surface area contributed by atoms with Crippen molar-refractivity contribution in [3.05, 3.63) is 44.5 Å². The molecular formula is C14H15Cl2N3O5S2. The molecule has 0 atom stereocenters. The summed E-state index contributed by atoms with van der Waals surface area (Å²) in [6.45, 7) is 2.89. The molecule has 0 saturated carbocycles. The summed E-state index contributed by atoms with van der Waals surface area (Å²) in [5.74, 6) is -0.534. The maximum atomic E-state index is 12.4. The van der Waals surface area contributed by atoms with Gasteiger partial charge in [0, 0.05) is 16.1 Å². The second kappa shape index (κ2) is 7.18. The number of hydrogen-bond acceptors (Lipinski definition) is 6. The Kier molecular flexibility index (Phi) is 5.71. The molecule has 0 fully saturated rings. The van der Waals surface area contributed by atoms with Crippen LogP contribution in [-0.4, -0.2) is 38.5 Å². The van der Waals surface area contributed by atoms with E-state index in [-0.39, 0.29) is 15.7 Å². The molecule has 142 valence electrons. The van der Waals surface area contributed by atoms with Gasteiger partial charge < -0.3 is 0 Å². The molecular weight excluding hydrogens is 425 g/mol. The van der Waals surface area contributed by atoms with Crippen molar-refractivity contribution < 1.29 is 16.8 Å². The molecule has 0 aliphatic rings. The van der Waals surface area contributed by atoms with Gasteiger partial charge in [-0.3, -0.25) is 9.89 Å². The van der Waals surface area contributed by atoms with E-state index in [4.69, 9.17) is 23.2 Å². The average Bonchev–Trinajstić information content (AvgIpc) is 2.46. The van der Waals surface area contributed by atoms with Crippen molar-refractivity contribution in [3.63, 3.8) is 0 Å². The Hall–Kier alpha value is -1.62. The minimum atomic E-state index is -4.01. The van der Waals surface area contributed by atoms with Crippen molar-refractivity contribution in [2.75, 3.05) is 10.6 Å². The summed E-state index contributed by atoms with van der Waals surface area (Å²) in [4.78, 5) is 12.4. The van der Waals surface area contributed by atoms with Gasteiger partial charge in [0.2, 0.25) is 21.3 Å². The fourth-order valence-electron chi connectivity index (χ4n) is 2.05. The van der Waals surface area contributed by atoms with Gasteiger partial charge in [-0.15, -0.1) is 0 Å². The molecule has 2 rings (SSSR count). The van der Waals surface area contributed by atoms with E-state index < -0.39 is 41.4 Å². The Morgan fingerprint density at radius 1 is 1.04 bits per heavy atom. The molecule has 0 amide bonds. The van der Waals surface area contributed by atoms with Crippen LogP contribution in [0.25, 0.3) is 0 Å². The highest BCUT2D eigenvalue weighted by molar-refractivity contribution is 7.92. The van der Waals surface area contributed by atoms with Crippen LogP contribution in [0.5, 0.6) is 0 Å². The fraction of sp³-hybridized carbons (Fsp3) is 0.286. The normalized spacial score (nSPS) is 12.4. The molecule has 0 unspecified atom stereocenters. The SMILES string of the molecule is CC(C)S(=O)(=O)c1cc(=O)c(N(c2cc(Cl)cc(Cl)c2)S(C)(=O)=O)n[nH]1. The summed E-state index contributed by atoms with van der Waals surface area (Å²) in [5, 5.41) is 5.02. The predicted molar refractivity (Wildman–Crippen MR) is 101 cm³/mol. The van der Waals surface area contributed by atoms with Gasteiger partial charge in [0.05, 0.1) is 17.2 Å². The molecule has 0 spiro atoms. The Bertz CT molecular complexity index is 1090. The van der Waals surface area contributed by atoms with Gasteiger partial charge in [0.25, 0.3) is 0 Å². The predicted octanol–water partition coefficient (Wildman–Crippen LogP) is 2.36. The van der Waals surface area contributed by atoms with Crippen LogP contribution in [0, 0.1) is 0 Å². The van der Waals surface area contributed by atoms with E-state index in [1.807, 2.05) is 0 Å². The van der Waals surface area contributed by atoms with Crippen LogP contribution >= 0.6 is 23.2 Å². The summed E-state index contributed by atoms with van der Waals surface area (Å²) in [5.41, 5.74) is -0.910. The number of halogens is 2. The largest absolute Gasteiger partial charge is 0.286 e. The van der Waals surface area contributed by atoms with E-state index >= 15 is 0 Å². The molecule has 1 N–H and O–H groups in total. The highest BCUT2D eigenvalue weighted by Gasteiger charge is 2.27. The summed E-state index contributed by atoms with van der Waals surface area (Å²) >= 11 is 11.8. The molecule has 0 saturated heterocycles. The van der Waals surface area contributed by atoms with Crippen LogP contribution in [-0.2, 0) is 19.9 Å². The number of anilines is 2. The first-order chi connectivity index (χ1) is 11.8. The molecule has 0 radical (unpaired) electrons. The van der Waals surface area contributed by atoms with E-state index in [1.54, 1.807) is 0 Å². The number of nitrogens with one attached hydrogen (secondary N) is 1. The molecule has 1 aromatic carbocycles. The van der Waals surface area contributed by atoms with Crippen molar-refractivity contribution in [3.8, 4) is 0 Å². The number of sulfonamides is 1. The van der Waals surface area contributed by atoms with Gasteiger partial charge in [0.15, 0.2) is 14.9 Å². The minimum Gasteiger partial charge on any atom is -0.286 e. The lowest BCUT2D eigenvalue weighted by Crippen LogP contribution is -2.31. The van der Waals surface area contributed by atoms with Crippen LogP contribution in [0.15, 0.2) is 34.1 Å². The molecule has 0 aliphatic carbocycles. The zero-order chi connectivity index (χ0) is 19.9. The smallest absolute Gasteiger partial charge is 0.237 e. The monoisotopic (exact) mass is 439 g/mol. The zero-order valence-electron chi connectivity index (χ0n) is 13.9. The van der Waals surface area contributed by atoms with Crippen LogP contribution < -0.4 is 9.73 Å². The number of rotatable bonds is 5. The standard InChI is InChI=1S/C14H15Cl2N3O5S2/c1-8(2)26(23,24)13-7-12(20)14(18-17-13)19(25(3,21)22)11-5-9(15)4-10(16)6-11/h4-8H,1-3H3,(H,17,20). The van der Waals surface area contributed by atoms with E-state index in [0.29, 0.717) is 4.31 Å². The van der Waals surface area contributed by atoms with Crippen molar-refractivity contribution in [2.24, 2.45) is 0 Å². The molecule has 8 nitrogen and oxygen atoms in total. The van der Waals surface area contributed by atoms with E-state index in [1.165, 1.54) is 32.0 Å². The lowest BCUT2D eigenvalue weighted by molar-refractivity contribution is 0.581. The number of benzene rings is 1. The van der Waals surface area contributed by atoms with Crippen molar-refractivity contribution >= 4 is 54.6 Å². The first kappa shape index (κ1) is 20.7. The number of aromatic amines is 1. The summed E-state index contributed by atoms with van der Waals surface area (Å²) in [7, 11) is -7.79. The molecule has 2 aromatic rings. The number of H-pyrrole nitrogens is 1. The van der Waals surface area contributed by atoms with E-state index in [9.17, 15) is 21.6 Å². The van der Waals surface area contributed by atoms with Crippen molar-refractivity contribution in [1.82, 2.24) is 10.2 Å². The topological polar surface area (TPSA) is 117 Å². The first-order valence-corrected chi connectivity index (χ1v) is 11.3. The molecule has 0 bridgehead atoms. The second-order valence-corrected chi connectivity index (χ2v) is 10.8. The number of sulfone groups is 1. The highest BCUT2D eigenvalue weighted by atomic mass is 35.5. The molecule has 1 aromatic heterocycles. The number of hydrogen-bond donors (Lipinski definition) is 1. The molecule has 12 heteroatoms. The first-order valence-electron chi connectivity index (χ1n) is 7.14. The van der Waals surface area contributed by atoms with E-state index in [0.717, 1.165) is 12.3 Å². The lowest BCUT2D eigenvalue weighted by atomic mass is 10.3. The molecule has 1 heterocycles. The zero-order valence-corrected chi connectivity index (χ0v) is 17.0. The molecule has 0 aliphatic heterocycles. The van der Waals surface area contributed by atoms with Crippen LogP contribution in [0.4, 0.5) is 11.5 Å². The summed E-state index contributed by atoms with van der Waals surface area (Å²) < 4.78 is 49.4. The third-order valence-electron chi connectivity index (χ3n) is 3.29. The van der Waals surface area contributed by atoms with Crippen molar-refractivity contribution in [2.45, 2.75) is 24.1 Å². The third-order valence-corrected chi connectivity index (χ3v) is 6.83. The maximum Gasteiger partial charge on any atom is 0.237 e. The van der Waals surface area contributed by atoms with Crippen LogP contribution in [0.2, 0.25) is 10.0 Å². The Morgan fingerprint density at radius 3 is 2.00 bits per heavy atom. The number of aromatic nitrogens is 2. The minimum absolute atomic E-state index is 0.0116. The van der Waals surface area contributed by atoms with Crippen LogP contribution in [0.3, 0.4) is 0 Å². The molecule has 26 heavy (non-hydrogen) atoms. The van der Waals surface area contributed by atoms with Gasteiger partial charge in [-0.05, 0) is 32.0 Å². The van der Waals surface area contributed by atoms with Gasteiger partial charge in [-0.25, -0.2) is 21.1 Å². The Balaban J connectivity index is 2.71. The Labute approximate surface area is 160 Å². The Morgan fingerprint density at radius 2 is 1.58 bits per heavy atom.